The number of ether oxygens (including phenoxy) is 1. The van der Waals surface area contributed by atoms with Crippen LogP contribution in [0.2, 0.25) is 0 Å². The Morgan fingerprint density at radius 1 is 1.43 bits per heavy atom. The Balaban J connectivity index is 2.11. The molecule has 2 rings (SSSR count). The van der Waals surface area contributed by atoms with E-state index in [4.69, 9.17) is 22.7 Å². The molecule has 1 fully saturated rings. The Morgan fingerprint density at radius 3 is 2.76 bits per heavy atom. The summed E-state index contributed by atoms with van der Waals surface area (Å²) in [7, 11) is 3.67. The molecule has 2 atom stereocenters. The van der Waals surface area contributed by atoms with Crippen LogP contribution in [0.3, 0.4) is 0 Å². The van der Waals surface area contributed by atoms with Crippen molar-refractivity contribution < 1.29 is 9.84 Å². The van der Waals surface area contributed by atoms with Gasteiger partial charge in [-0.3, -0.25) is 4.90 Å². The molecule has 21 heavy (non-hydrogen) atoms. The molecule has 1 aromatic carbocycles. The Kier molecular flexibility index (Phi) is 5.56. The molecule has 116 valence electrons. The smallest absolute Gasteiger partial charge is 0.129 e. The lowest BCUT2D eigenvalue weighted by Crippen LogP contribution is -2.42. The van der Waals surface area contributed by atoms with E-state index in [9.17, 15) is 5.11 Å². The molecule has 0 aliphatic heterocycles. The summed E-state index contributed by atoms with van der Waals surface area (Å²) in [6.45, 7) is 0.765. The Morgan fingerprint density at radius 2 is 2.14 bits per heavy atom. The van der Waals surface area contributed by atoms with Crippen LogP contribution in [0.1, 0.15) is 36.8 Å². The third kappa shape index (κ3) is 3.93. The van der Waals surface area contributed by atoms with Gasteiger partial charge in [-0.05, 0) is 37.6 Å². The van der Waals surface area contributed by atoms with Gasteiger partial charge >= 0.3 is 0 Å². The highest BCUT2D eigenvalue weighted by atomic mass is 32.1. The predicted molar refractivity (Wildman–Crippen MR) is 88.6 cm³/mol. The van der Waals surface area contributed by atoms with Crippen molar-refractivity contribution in [2.45, 2.75) is 44.4 Å². The van der Waals surface area contributed by atoms with E-state index in [0.717, 1.165) is 36.9 Å². The number of nitrogens with zero attached hydrogens (tertiary/aromatic N) is 1. The van der Waals surface area contributed by atoms with Crippen LogP contribution < -0.4 is 10.5 Å². The molecule has 0 heterocycles. The van der Waals surface area contributed by atoms with Crippen LogP contribution in [0.15, 0.2) is 18.2 Å². The summed E-state index contributed by atoms with van der Waals surface area (Å²) in [4.78, 5) is 2.56. The van der Waals surface area contributed by atoms with E-state index in [1.807, 2.05) is 18.2 Å². The number of aliphatic hydroxyl groups is 1. The van der Waals surface area contributed by atoms with E-state index < -0.39 is 0 Å². The van der Waals surface area contributed by atoms with Gasteiger partial charge in [0.25, 0.3) is 0 Å². The van der Waals surface area contributed by atoms with E-state index >= 15 is 0 Å². The standard InChI is InChI=1S/C16H24N2O2S/c1-18(13-5-3-4-6-14(13)19)10-11-7-8-15(20-2)12(9-11)16(17)21/h7-9,13-14,19H,3-6,10H2,1-2H3,(H2,17,21). The third-order valence-electron chi connectivity index (χ3n) is 4.22. The molecule has 5 heteroatoms. The van der Waals surface area contributed by atoms with Crippen LogP contribution in [-0.4, -0.2) is 41.3 Å². The van der Waals surface area contributed by atoms with Crippen LogP contribution in [0.5, 0.6) is 5.75 Å². The van der Waals surface area contributed by atoms with Gasteiger partial charge < -0.3 is 15.6 Å². The second kappa shape index (κ2) is 7.20. The van der Waals surface area contributed by atoms with Crippen LogP contribution in [0.25, 0.3) is 0 Å². The number of aliphatic hydroxyl groups excluding tert-OH is 1. The number of hydrogen-bond acceptors (Lipinski definition) is 4. The minimum Gasteiger partial charge on any atom is -0.496 e. The van der Waals surface area contributed by atoms with Crippen molar-refractivity contribution in [2.75, 3.05) is 14.2 Å². The number of rotatable bonds is 5. The quantitative estimate of drug-likeness (QED) is 0.816. The molecule has 0 aromatic heterocycles. The Bertz CT molecular complexity index is 507. The van der Waals surface area contributed by atoms with Gasteiger partial charge in [0, 0.05) is 12.6 Å². The number of benzene rings is 1. The lowest BCUT2D eigenvalue weighted by Gasteiger charge is -2.35. The molecule has 0 bridgehead atoms. The van der Waals surface area contributed by atoms with Gasteiger partial charge in [-0.25, -0.2) is 0 Å². The van der Waals surface area contributed by atoms with Gasteiger partial charge in [0.1, 0.15) is 10.7 Å². The van der Waals surface area contributed by atoms with Crippen molar-refractivity contribution in [3.63, 3.8) is 0 Å². The van der Waals surface area contributed by atoms with E-state index in [-0.39, 0.29) is 12.1 Å². The Hall–Kier alpha value is -1.17. The van der Waals surface area contributed by atoms with E-state index in [1.54, 1.807) is 7.11 Å². The first kappa shape index (κ1) is 16.2. The van der Waals surface area contributed by atoms with Crippen LogP contribution in [0.4, 0.5) is 0 Å². The molecule has 0 spiro atoms. The first-order chi connectivity index (χ1) is 10.0. The minimum absolute atomic E-state index is 0.225. The predicted octanol–water partition coefficient (Wildman–Crippen LogP) is 2.06. The summed E-state index contributed by atoms with van der Waals surface area (Å²) in [5, 5.41) is 10.1. The third-order valence-corrected chi connectivity index (χ3v) is 4.44. The maximum Gasteiger partial charge on any atom is 0.129 e. The Labute approximate surface area is 131 Å². The highest BCUT2D eigenvalue weighted by Gasteiger charge is 2.26. The van der Waals surface area contributed by atoms with Gasteiger partial charge in [0.2, 0.25) is 0 Å². The summed E-state index contributed by atoms with van der Waals surface area (Å²) in [6, 6.07) is 6.13. The van der Waals surface area contributed by atoms with Crippen LogP contribution in [0, 0.1) is 0 Å². The average Bonchev–Trinajstić information content (AvgIpc) is 2.47. The maximum atomic E-state index is 10.1. The topological polar surface area (TPSA) is 58.7 Å². The van der Waals surface area contributed by atoms with Crippen molar-refractivity contribution in [1.29, 1.82) is 0 Å². The molecule has 2 unspecified atom stereocenters. The zero-order valence-corrected chi connectivity index (χ0v) is 13.5. The lowest BCUT2D eigenvalue weighted by molar-refractivity contribution is 0.0288. The van der Waals surface area contributed by atoms with Crippen molar-refractivity contribution in [1.82, 2.24) is 4.90 Å². The van der Waals surface area contributed by atoms with Gasteiger partial charge in [0.15, 0.2) is 0 Å². The first-order valence-corrected chi connectivity index (χ1v) is 7.78. The number of thiocarbonyl (C=S) groups is 1. The second-order valence-electron chi connectivity index (χ2n) is 5.73. The number of likely N-dealkylation sites (N-methyl/N-ethyl adjacent to an activating group) is 1. The molecule has 0 amide bonds. The SMILES string of the molecule is COc1ccc(CN(C)C2CCCCC2O)cc1C(N)=S. The van der Waals surface area contributed by atoms with Crippen molar-refractivity contribution in [3.05, 3.63) is 29.3 Å². The molecule has 3 N–H and O–H groups in total. The molecule has 0 radical (unpaired) electrons. The largest absolute Gasteiger partial charge is 0.496 e. The minimum atomic E-state index is -0.225. The van der Waals surface area contributed by atoms with Gasteiger partial charge in [0.05, 0.1) is 18.8 Å². The zero-order chi connectivity index (χ0) is 15.4. The lowest BCUT2D eigenvalue weighted by atomic mass is 9.91. The summed E-state index contributed by atoms with van der Waals surface area (Å²) in [6.07, 6.45) is 4.04. The highest BCUT2D eigenvalue weighted by molar-refractivity contribution is 7.80. The molecule has 1 aromatic rings. The molecule has 1 aliphatic carbocycles. The second-order valence-corrected chi connectivity index (χ2v) is 6.17. The first-order valence-electron chi connectivity index (χ1n) is 7.38. The van der Waals surface area contributed by atoms with E-state index in [1.165, 1.54) is 6.42 Å². The van der Waals surface area contributed by atoms with E-state index in [0.29, 0.717) is 10.7 Å². The van der Waals surface area contributed by atoms with Gasteiger partial charge in [-0.1, -0.05) is 31.1 Å². The number of methoxy groups -OCH3 is 1. The van der Waals surface area contributed by atoms with E-state index in [2.05, 4.69) is 11.9 Å². The highest BCUT2D eigenvalue weighted by Crippen LogP contribution is 2.25. The number of nitrogens with two attached hydrogens (primary N) is 1. The molecule has 0 saturated heterocycles. The zero-order valence-electron chi connectivity index (χ0n) is 12.7. The molecular formula is C16H24N2O2S. The summed E-state index contributed by atoms with van der Waals surface area (Å²) in [5.74, 6) is 0.701. The molecule has 1 saturated carbocycles. The summed E-state index contributed by atoms with van der Waals surface area (Å²) < 4.78 is 5.28. The van der Waals surface area contributed by atoms with Crippen molar-refractivity contribution >= 4 is 17.2 Å². The number of hydrogen-bond donors (Lipinski definition) is 2. The average molecular weight is 308 g/mol. The normalized spacial score (nSPS) is 22.3. The van der Waals surface area contributed by atoms with Crippen molar-refractivity contribution in [3.8, 4) is 5.75 Å². The fraction of sp³-hybridized carbons (Fsp3) is 0.562. The molecule has 1 aliphatic rings. The monoisotopic (exact) mass is 308 g/mol. The van der Waals surface area contributed by atoms with Crippen LogP contribution >= 0.6 is 12.2 Å². The fourth-order valence-electron chi connectivity index (χ4n) is 3.06. The maximum absolute atomic E-state index is 10.1. The fourth-order valence-corrected chi connectivity index (χ4v) is 3.22. The van der Waals surface area contributed by atoms with Crippen molar-refractivity contribution in [2.24, 2.45) is 5.73 Å². The van der Waals surface area contributed by atoms with Crippen LogP contribution in [-0.2, 0) is 6.54 Å². The molecular weight excluding hydrogens is 284 g/mol. The summed E-state index contributed by atoms with van der Waals surface area (Å²) in [5.41, 5.74) is 7.64. The molecule has 4 nitrogen and oxygen atoms in total. The summed E-state index contributed by atoms with van der Waals surface area (Å²) >= 11 is 5.08. The van der Waals surface area contributed by atoms with Gasteiger partial charge in [-0.2, -0.15) is 0 Å². The van der Waals surface area contributed by atoms with Gasteiger partial charge in [-0.15, -0.1) is 0 Å².